The number of rotatable bonds is 5. The van der Waals surface area contributed by atoms with Crippen molar-refractivity contribution >= 4 is 11.3 Å². The maximum atomic E-state index is 4.40. The first-order valence-corrected chi connectivity index (χ1v) is 5.72. The molecule has 1 aromatic heterocycles. The number of hydrogen-bond donors (Lipinski definition) is 1. The first-order valence-electron chi connectivity index (χ1n) is 4.84. The van der Waals surface area contributed by atoms with E-state index < -0.39 is 0 Å². The Labute approximate surface area is 89.8 Å². The quantitative estimate of drug-likeness (QED) is 0.591. The summed E-state index contributed by atoms with van der Waals surface area (Å²) in [6.07, 6.45) is 1.95. The predicted molar refractivity (Wildman–Crippen MR) is 61.5 cm³/mol. The second-order valence-corrected chi connectivity index (χ2v) is 4.10. The predicted octanol–water partition coefficient (Wildman–Crippen LogP) is 2.00. The van der Waals surface area contributed by atoms with Crippen LogP contribution in [0, 0.1) is 18.8 Å². The number of hydrogen-bond acceptors (Lipinski definition) is 3. The smallest absolute Gasteiger partial charge is 0.0897 e. The molecule has 0 aliphatic carbocycles. The van der Waals surface area contributed by atoms with Gasteiger partial charge in [-0.3, -0.25) is 0 Å². The Morgan fingerprint density at radius 2 is 2.36 bits per heavy atom. The van der Waals surface area contributed by atoms with E-state index >= 15 is 0 Å². The number of aryl methyl sites for hydroxylation is 1. The molecule has 0 spiro atoms. The van der Waals surface area contributed by atoms with Crippen molar-refractivity contribution in [1.82, 2.24) is 10.3 Å². The average molecular weight is 208 g/mol. The first kappa shape index (κ1) is 11.2. The van der Waals surface area contributed by atoms with Gasteiger partial charge in [-0.15, -0.1) is 23.2 Å². The fourth-order valence-electron chi connectivity index (χ4n) is 1.14. The lowest BCUT2D eigenvalue weighted by Gasteiger charge is -1.99. The van der Waals surface area contributed by atoms with Gasteiger partial charge in [0.25, 0.3) is 0 Å². The van der Waals surface area contributed by atoms with Crippen molar-refractivity contribution in [1.29, 1.82) is 0 Å². The third kappa shape index (κ3) is 4.40. The van der Waals surface area contributed by atoms with Gasteiger partial charge in [-0.1, -0.05) is 0 Å². The van der Waals surface area contributed by atoms with E-state index in [0.29, 0.717) is 0 Å². The Balaban J connectivity index is 2.06. The van der Waals surface area contributed by atoms with E-state index in [1.54, 1.807) is 11.3 Å². The molecule has 76 valence electrons. The number of aromatic nitrogens is 1. The molecule has 1 rings (SSSR count). The Hall–Kier alpha value is -0.850. The van der Waals surface area contributed by atoms with Crippen LogP contribution in [0.4, 0.5) is 0 Å². The molecule has 0 aromatic carbocycles. The summed E-state index contributed by atoms with van der Waals surface area (Å²) in [6, 6.07) is 0. The maximum absolute atomic E-state index is 4.40. The molecule has 14 heavy (non-hydrogen) atoms. The molecule has 1 N–H and O–H groups in total. The molecule has 1 aromatic rings. The van der Waals surface area contributed by atoms with Gasteiger partial charge in [0, 0.05) is 31.3 Å². The Morgan fingerprint density at radius 3 is 3.00 bits per heavy atom. The van der Waals surface area contributed by atoms with Crippen LogP contribution in [0.3, 0.4) is 0 Å². The largest absolute Gasteiger partial charge is 0.315 e. The summed E-state index contributed by atoms with van der Waals surface area (Å²) in [5.41, 5.74) is 1.20. The highest BCUT2D eigenvalue weighted by atomic mass is 32.1. The lowest BCUT2D eigenvalue weighted by atomic mass is 10.3. The zero-order chi connectivity index (χ0) is 10.2. The van der Waals surface area contributed by atoms with Crippen molar-refractivity contribution in [3.05, 3.63) is 16.1 Å². The van der Waals surface area contributed by atoms with Gasteiger partial charge in [-0.05, 0) is 13.8 Å². The van der Waals surface area contributed by atoms with Gasteiger partial charge >= 0.3 is 0 Å². The second-order valence-electron chi connectivity index (χ2n) is 3.03. The van der Waals surface area contributed by atoms with Crippen molar-refractivity contribution < 1.29 is 0 Å². The molecule has 0 saturated carbocycles. The summed E-state index contributed by atoms with van der Waals surface area (Å²) in [5.74, 6) is 5.90. The van der Waals surface area contributed by atoms with Gasteiger partial charge in [0.2, 0.25) is 0 Å². The summed E-state index contributed by atoms with van der Waals surface area (Å²) in [5, 5.41) is 6.62. The zero-order valence-corrected chi connectivity index (χ0v) is 9.58. The summed E-state index contributed by atoms with van der Waals surface area (Å²) in [6.45, 7) is 5.88. The third-order valence-corrected chi connectivity index (χ3v) is 2.65. The lowest BCUT2D eigenvalue weighted by Crippen LogP contribution is -2.18. The minimum Gasteiger partial charge on any atom is -0.315 e. The standard InChI is InChI=1S/C11H16N2S/c1-3-4-5-7-12-8-6-11-9-14-10(2)13-11/h9,12H,5-8H2,1-2H3. The minimum atomic E-state index is 0.937. The number of nitrogens with zero attached hydrogens (tertiary/aromatic N) is 1. The van der Waals surface area contributed by atoms with Crippen LogP contribution in [0.5, 0.6) is 0 Å². The van der Waals surface area contributed by atoms with Crippen LogP contribution >= 0.6 is 11.3 Å². The van der Waals surface area contributed by atoms with Crippen LogP contribution in [0.1, 0.15) is 24.0 Å². The normalized spacial score (nSPS) is 9.57. The molecule has 0 radical (unpaired) electrons. The minimum absolute atomic E-state index is 0.937. The molecule has 0 aliphatic rings. The highest BCUT2D eigenvalue weighted by Crippen LogP contribution is 2.07. The molecule has 0 amide bonds. The van der Waals surface area contributed by atoms with E-state index in [1.807, 2.05) is 13.8 Å². The van der Waals surface area contributed by atoms with Crippen molar-refractivity contribution in [2.75, 3.05) is 13.1 Å². The SMILES string of the molecule is CC#CCCNCCc1csc(C)n1. The topological polar surface area (TPSA) is 24.9 Å². The molecule has 0 saturated heterocycles. The van der Waals surface area contributed by atoms with Gasteiger partial charge < -0.3 is 5.32 Å². The monoisotopic (exact) mass is 208 g/mol. The lowest BCUT2D eigenvalue weighted by molar-refractivity contribution is 0.688. The van der Waals surface area contributed by atoms with E-state index in [4.69, 9.17) is 0 Å². The highest BCUT2D eigenvalue weighted by molar-refractivity contribution is 7.09. The van der Waals surface area contributed by atoms with Crippen molar-refractivity contribution in [2.45, 2.75) is 26.7 Å². The Kier molecular flexibility index (Phi) is 5.28. The van der Waals surface area contributed by atoms with E-state index in [2.05, 4.69) is 27.5 Å². The van der Waals surface area contributed by atoms with Crippen LogP contribution in [-0.4, -0.2) is 18.1 Å². The number of nitrogens with one attached hydrogen (secondary N) is 1. The fraction of sp³-hybridized carbons (Fsp3) is 0.545. The average Bonchev–Trinajstić information content (AvgIpc) is 2.58. The second kappa shape index (κ2) is 6.58. The van der Waals surface area contributed by atoms with Crippen LogP contribution in [0.2, 0.25) is 0 Å². The van der Waals surface area contributed by atoms with Gasteiger partial charge in [-0.2, -0.15) is 0 Å². The molecular weight excluding hydrogens is 192 g/mol. The molecule has 1 heterocycles. The van der Waals surface area contributed by atoms with E-state index in [1.165, 1.54) is 5.69 Å². The van der Waals surface area contributed by atoms with Gasteiger partial charge in [0.1, 0.15) is 0 Å². The Bertz CT molecular complexity index is 320. The molecule has 0 atom stereocenters. The third-order valence-electron chi connectivity index (χ3n) is 1.83. The zero-order valence-electron chi connectivity index (χ0n) is 8.76. The van der Waals surface area contributed by atoms with Gasteiger partial charge in [-0.25, -0.2) is 4.98 Å². The van der Waals surface area contributed by atoms with Crippen LogP contribution in [-0.2, 0) is 6.42 Å². The fourth-order valence-corrected chi connectivity index (χ4v) is 1.79. The molecule has 3 heteroatoms. The molecule has 0 fully saturated rings. The Morgan fingerprint density at radius 1 is 1.50 bits per heavy atom. The molecule has 0 aliphatic heterocycles. The van der Waals surface area contributed by atoms with Gasteiger partial charge in [0.05, 0.1) is 10.7 Å². The van der Waals surface area contributed by atoms with E-state index in [-0.39, 0.29) is 0 Å². The summed E-state index contributed by atoms with van der Waals surface area (Å²) < 4.78 is 0. The van der Waals surface area contributed by atoms with Crippen molar-refractivity contribution in [3.63, 3.8) is 0 Å². The van der Waals surface area contributed by atoms with Gasteiger partial charge in [0.15, 0.2) is 0 Å². The van der Waals surface area contributed by atoms with E-state index in [0.717, 1.165) is 30.9 Å². The molecule has 0 bridgehead atoms. The number of thiazole rings is 1. The van der Waals surface area contributed by atoms with Crippen LogP contribution in [0.25, 0.3) is 0 Å². The highest BCUT2D eigenvalue weighted by Gasteiger charge is 1.96. The van der Waals surface area contributed by atoms with Crippen molar-refractivity contribution in [2.24, 2.45) is 0 Å². The first-order chi connectivity index (χ1) is 6.83. The molecule has 0 unspecified atom stereocenters. The maximum Gasteiger partial charge on any atom is 0.0897 e. The summed E-state index contributed by atoms with van der Waals surface area (Å²) in [4.78, 5) is 4.40. The summed E-state index contributed by atoms with van der Waals surface area (Å²) >= 11 is 1.72. The molecule has 2 nitrogen and oxygen atoms in total. The van der Waals surface area contributed by atoms with Crippen molar-refractivity contribution in [3.8, 4) is 11.8 Å². The summed E-state index contributed by atoms with van der Waals surface area (Å²) in [7, 11) is 0. The van der Waals surface area contributed by atoms with E-state index in [9.17, 15) is 0 Å². The molecular formula is C11H16N2S. The van der Waals surface area contributed by atoms with Crippen LogP contribution < -0.4 is 5.32 Å². The van der Waals surface area contributed by atoms with Crippen LogP contribution in [0.15, 0.2) is 5.38 Å².